The number of carbonyl (C=O) groups excluding carboxylic acids is 2. The van der Waals surface area contributed by atoms with E-state index in [9.17, 15) is 9.59 Å². The quantitative estimate of drug-likeness (QED) is 0.561. The van der Waals surface area contributed by atoms with Crippen LogP contribution < -0.4 is 0 Å². The molecule has 5 heteroatoms. The monoisotopic (exact) mass is 326 g/mol. The van der Waals surface area contributed by atoms with Gasteiger partial charge in [0.1, 0.15) is 0 Å². The van der Waals surface area contributed by atoms with Crippen LogP contribution in [0, 0.1) is 5.41 Å². The summed E-state index contributed by atoms with van der Waals surface area (Å²) >= 11 is 7.52. The average Bonchev–Trinajstić information content (AvgIpc) is 3.23. The highest BCUT2D eigenvalue weighted by molar-refractivity contribution is 8.00. The molecule has 1 fully saturated rings. The second-order valence-corrected chi connectivity index (χ2v) is 7.35. The van der Waals surface area contributed by atoms with Gasteiger partial charge in [-0.15, -0.1) is 11.8 Å². The summed E-state index contributed by atoms with van der Waals surface area (Å²) in [5.41, 5.74) is 0.681. The molecule has 1 atom stereocenters. The van der Waals surface area contributed by atoms with E-state index in [4.69, 9.17) is 16.3 Å². The summed E-state index contributed by atoms with van der Waals surface area (Å²) in [6.07, 6.45) is 2.52. The number of hydrogen-bond acceptors (Lipinski definition) is 4. The van der Waals surface area contributed by atoms with Gasteiger partial charge in [-0.3, -0.25) is 9.59 Å². The third-order valence-electron chi connectivity index (χ3n) is 3.82. The fourth-order valence-corrected chi connectivity index (χ4v) is 3.65. The molecule has 21 heavy (non-hydrogen) atoms. The molecule has 0 heterocycles. The van der Waals surface area contributed by atoms with Gasteiger partial charge in [0.15, 0.2) is 5.78 Å². The Morgan fingerprint density at radius 1 is 1.43 bits per heavy atom. The summed E-state index contributed by atoms with van der Waals surface area (Å²) in [7, 11) is 1.41. The Bertz CT molecular complexity index is 540. The minimum atomic E-state index is -0.165. The highest BCUT2D eigenvalue weighted by Gasteiger charge is 2.45. The first-order chi connectivity index (χ1) is 9.96. The van der Waals surface area contributed by atoms with Crippen LogP contribution in [-0.2, 0) is 9.53 Å². The third-order valence-corrected chi connectivity index (χ3v) is 5.55. The average molecular weight is 327 g/mol. The maximum absolute atomic E-state index is 12.3. The number of carbonyl (C=O) groups is 2. The Morgan fingerprint density at radius 2 is 2.14 bits per heavy atom. The fraction of sp³-hybridized carbons (Fsp3) is 0.500. The molecule has 1 saturated carbocycles. The zero-order chi connectivity index (χ0) is 15.5. The first kappa shape index (κ1) is 16.4. The minimum absolute atomic E-state index is 0.0423. The number of Topliss-reactive ketones (excluding diaryl/α,β-unsaturated/α-hetero) is 1. The second-order valence-electron chi connectivity index (χ2n) is 5.58. The molecule has 1 aliphatic carbocycles. The maximum Gasteiger partial charge on any atom is 0.306 e. The van der Waals surface area contributed by atoms with Crippen LogP contribution in [0.1, 0.15) is 36.5 Å². The number of methoxy groups -OCH3 is 1. The van der Waals surface area contributed by atoms with Crippen LogP contribution >= 0.6 is 23.4 Å². The van der Waals surface area contributed by atoms with Gasteiger partial charge in [0.2, 0.25) is 0 Å². The molecule has 3 nitrogen and oxygen atoms in total. The van der Waals surface area contributed by atoms with Gasteiger partial charge in [-0.05, 0) is 37.3 Å². The summed E-state index contributed by atoms with van der Waals surface area (Å²) in [4.78, 5) is 23.7. The van der Waals surface area contributed by atoms with Crippen LogP contribution in [0.5, 0.6) is 0 Å². The smallest absolute Gasteiger partial charge is 0.306 e. The van der Waals surface area contributed by atoms with Crippen molar-refractivity contribution >= 4 is 35.1 Å². The molecular formula is C16H19ClO3S. The van der Waals surface area contributed by atoms with Crippen molar-refractivity contribution in [2.24, 2.45) is 5.41 Å². The van der Waals surface area contributed by atoms with Gasteiger partial charge < -0.3 is 4.74 Å². The summed E-state index contributed by atoms with van der Waals surface area (Å²) in [6, 6.07) is 7.02. The van der Waals surface area contributed by atoms with Gasteiger partial charge in [-0.25, -0.2) is 0 Å². The molecule has 0 radical (unpaired) electrons. The van der Waals surface area contributed by atoms with E-state index >= 15 is 0 Å². The van der Waals surface area contributed by atoms with Crippen molar-refractivity contribution in [3.05, 3.63) is 34.9 Å². The Kier molecular flexibility index (Phi) is 5.33. The SMILES string of the molecule is COC(=O)CC1(CSC(C)C(=O)c2cccc(Cl)c2)CC1. The highest BCUT2D eigenvalue weighted by atomic mass is 35.5. The van der Waals surface area contributed by atoms with Crippen molar-refractivity contribution in [2.75, 3.05) is 12.9 Å². The summed E-state index contributed by atoms with van der Waals surface area (Å²) in [6.45, 7) is 1.90. The molecule has 1 aromatic carbocycles. The van der Waals surface area contributed by atoms with Gasteiger partial charge in [0.05, 0.1) is 18.8 Å². The zero-order valence-electron chi connectivity index (χ0n) is 12.2. The normalized spacial score (nSPS) is 17.1. The minimum Gasteiger partial charge on any atom is -0.469 e. The van der Waals surface area contributed by atoms with E-state index in [0.29, 0.717) is 17.0 Å². The van der Waals surface area contributed by atoms with E-state index in [-0.39, 0.29) is 22.4 Å². The number of ether oxygens (including phenoxy) is 1. The number of hydrogen-bond donors (Lipinski definition) is 0. The number of benzene rings is 1. The number of ketones is 1. The van der Waals surface area contributed by atoms with E-state index < -0.39 is 0 Å². The predicted molar refractivity (Wildman–Crippen MR) is 86.0 cm³/mol. The molecule has 1 aliphatic rings. The Labute approximate surface area is 134 Å². The maximum atomic E-state index is 12.3. The molecule has 0 aromatic heterocycles. The van der Waals surface area contributed by atoms with Crippen LogP contribution in [0.15, 0.2) is 24.3 Å². The van der Waals surface area contributed by atoms with Crippen molar-refractivity contribution in [3.8, 4) is 0 Å². The van der Waals surface area contributed by atoms with Crippen molar-refractivity contribution < 1.29 is 14.3 Å². The van der Waals surface area contributed by atoms with Crippen LogP contribution in [0.2, 0.25) is 5.02 Å². The van der Waals surface area contributed by atoms with E-state index in [0.717, 1.165) is 18.6 Å². The lowest BCUT2D eigenvalue weighted by molar-refractivity contribution is -0.141. The van der Waals surface area contributed by atoms with Gasteiger partial charge in [0, 0.05) is 16.3 Å². The lowest BCUT2D eigenvalue weighted by Gasteiger charge is -2.16. The standard InChI is InChI=1S/C16H19ClO3S/c1-11(15(19)12-4-3-5-13(17)8-12)21-10-16(6-7-16)9-14(18)20-2/h3-5,8,11H,6-7,9-10H2,1-2H3. The topological polar surface area (TPSA) is 43.4 Å². The van der Waals surface area contributed by atoms with Gasteiger partial charge in [-0.1, -0.05) is 23.7 Å². The largest absolute Gasteiger partial charge is 0.469 e. The van der Waals surface area contributed by atoms with Gasteiger partial charge in [-0.2, -0.15) is 0 Å². The molecule has 1 unspecified atom stereocenters. The van der Waals surface area contributed by atoms with Crippen LogP contribution in [0.25, 0.3) is 0 Å². The first-order valence-electron chi connectivity index (χ1n) is 6.94. The van der Waals surface area contributed by atoms with E-state index in [1.165, 1.54) is 7.11 Å². The molecule has 0 N–H and O–H groups in total. The lowest BCUT2D eigenvalue weighted by atomic mass is 10.1. The summed E-state index contributed by atoms with van der Waals surface area (Å²) in [5.74, 6) is 0.730. The van der Waals surface area contributed by atoms with Crippen molar-refractivity contribution in [1.29, 1.82) is 0 Å². The number of esters is 1. The molecule has 0 spiro atoms. The van der Waals surface area contributed by atoms with Gasteiger partial charge in [0.25, 0.3) is 0 Å². The Balaban J connectivity index is 1.88. The van der Waals surface area contributed by atoms with E-state index in [1.54, 1.807) is 36.0 Å². The van der Waals surface area contributed by atoms with Crippen LogP contribution in [0.3, 0.4) is 0 Å². The molecule has 0 saturated heterocycles. The molecule has 0 aliphatic heterocycles. The van der Waals surface area contributed by atoms with Crippen LogP contribution in [0.4, 0.5) is 0 Å². The molecule has 1 aromatic rings. The number of thioether (sulfide) groups is 1. The van der Waals surface area contributed by atoms with E-state index in [1.807, 2.05) is 6.92 Å². The Morgan fingerprint density at radius 3 is 2.71 bits per heavy atom. The third kappa shape index (κ3) is 4.48. The predicted octanol–water partition coefficient (Wildman–Crippen LogP) is 3.99. The zero-order valence-corrected chi connectivity index (χ0v) is 13.8. The first-order valence-corrected chi connectivity index (χ1v) is 8.37. The Hall–Kier alpha value is -1.00. The summed E-state index contributed by atoms with van der Waals surface area (Å²) in [5, 5.41) is 0.431. The molecular weight excluding hydrogens is 308 g/mol. The highest BCUT2D eigenvalue weighted by Crippen LogP contribution is 2.51. The second kappa shape index (κ2) is 6.84. The summed E-state index contributed by atoms with van der Waals surface area (Å²) < 4.78 is 4.73. The van der Waals surface area contributed by atoms with Crippen LogP contribution in [-0.4, -0.2) is 29.9 Å². The van der Waals surface area contributed by atoms with Crippen molar-refractivity contribution in [3.63, 3.8) is 0 Å². The fourth-order valence-electron chi connectivity index (χ4n) is 2.18. The molecule has 2 rings (SSSR count). The van der Waals surface area contributed by atoms with E-state index in [2.05, 4.69) is 0 Å². The number of rotatable bonds is 7. The van der Waals surface area contributed by atoms with Crippen molar-refractivity contribution in [1.82, 2.24) is 0 Å². The van der Waals surface area contributed by atoms with Crippen molar-refractivity contribution in [2.45, 2.75) is 31.4 Å². The molecule has 114 valence electrons. The lowest BCUT2D eigenvalue weighted by Crippen LogP contribution is -2.18. The van der Waals surface area contributed by atoms with Gasteiger partial charge >= 0.3 is 5.97 Å². The molecule has 0 bridgehead atoms. The molecule has 0 amide bonds. The number of halogens is 1.